The lowest BCUT2D eigenvalue weighted by Gasteiger charge is -2.10. The molecule has 1 saturated carbocycles. The summed E-state index contributed by atoms with van der Waals surface area (Å²) in [6.07, 6.45) is 0.421. The molecule has 0 aliphatic heterocycles. The summed E-state index contributed by atoms with van der Waals surface area (Å²) in [5, 5.41) is 10.9. The van der Waals surface area contributed by atoms with Gasteiger partial charge in [0.2, 0.25) is 0 Å². The van der Waals surface area contributed by atoms with Crippen molar-refractivity contribution in [2.24, 2.45) is 5.73 Å². The average molecular weight is 285 g/mol. The van der Waals surface area contributed by atoms with E-state index in [9.17, 15) is 14.9 Å². The van der Waals surface area contributed by atoms with Crippen LogP contribution in [0.25, 0.3) is 0 Å². The summed E-state index contributed by atoms with van der Waals surface area (Å²) in [4.78, 5) is 21.9. The molecule has 19 heavy (non-hydrogen) atoms. The molecule has 1 aromatic rings. The summed E-state index contributed by atoms with van der Waals surface area (Å²) in [5.41, 5.74) is 5.32. The van der Waals surface area contributed by atoms with Crippen LogP contribution in [-0.2, 0) is 9.53 Å². The molecule has 7 heteroatoms. The molecule has 0 spiro atoms. The van der Waals surface area contributed by atoms with Crippen molar-refractivity contribution in [2.75, 3.05) is 6.61 Å². The Kier molecular flexibility index (Phi) is 3.47. The summed E-state index contributed by atoms with van der Waals surface area (Å²) in [6, 6.07) is 4.45. The lowest BCUT2D eigenvalue weighted by atomic mass is 10.1. The van der Waals surface area contributed by atoms with E-state index in [4.69, 9.17) is 22.1 Å². The summed E-state index contributed by atoms with van der Waals surface area (Å²) in [7, 11) is 0. The number of ether oxygens (including phenoxy) is 1. The molecule has 1 aromatic carbocycles. The zero-order valence-electron chi connectivity index (χ0n) is 10.3. The Morgan fingerprint density at radius 3 is 2.95 bits per heavy atom. The van der Waals surface area contributed by atoms with Crippen molar-refractivity contribution in [2.45, 2.75) is 24.8 Å². The number of rotatable bonds is 4. The second-order valence-electron chi connectivity index (χ2n) is 4.49. The Hall–Kier alpha value is -1.66. The van der Waals surface area contributed by atoms with Crippen LogP contribution in [0.1, 0.15) is 24.8 Å². The van der Waals surface area contributed by atoms with E-state index in [-0.39, 0.29) is 23.2 Å². The van der Waals surface area contributed by atoms with E-state index in [0.29, 0.717) is 12.0 Å². The maximum atomic E-state index is 11.7. The van der Waals surface area contributed by atoms with E-state index in [0.717, 1.165) is 0 Å². The van der Waals surface area contributed by atoms with Gasteiger partial charge in [0, 0.05) is 12.0 Å². The van der Waals surface area contributed by atoms with Crippen molar-refractivity contribution in [1.29, 1.82) is 0 Å². The highest BCUT2D eigenvalue weighted by Crippen LogP contribution is 2.51. The van der Waals surface area contributed by atoms with E-state index in [1.807, 2.05) is 0 Å². The van der Waals surface area contributed by atoms with Gasteiger partial charge in [-0.2, -0.15) is 0 Å². The van der Waals surface area contributed by atoms with Gasteiger partial charge in [-0.1, -0.05) is 17.7 Å². The number of hydrogen-bond acceptors (Lipinski definition) is 5. The molecular formula is C12H13ClN2O4. The quantitative estimate of drug-likeness (QED) is 0.518. The lowest BCUT2D eigenvalue weighted by Crippen LogP contribution is -2.36. The Morgan fingerprint density at radius 2 is 2.37 bits per heavy atom. The molecule has 0 radical (unpaired) electrons. The van der Waals surface area contributed by atoms with Crippen molar-refractivity contribution in [3.63, 3.8) is 0 Å². The fourth-order valence-electron chi connectivity index (χ4n) is 2.07. The molecule has 1 fully saturated rings. The third kappa shape index (κ3) is 2.41. The van der Waals surface area contributed by atoms with Crippen LogP contribution in [0, 0.1) is 10.1 Å². The molecule has 1 aliphatic carbocycles. The fourth-order valence-corrected chi connectivity index (χ4v) is 2.26. The van der Waals surface area contributed by atoms with Gasteiger partial charge in [0.25, 0.3) is 5.69 Å². The van der Waals surface area contributed by atoms with Crippen LogP contribution in [0.15, 0.2) is 18.2 Å². The minimum Gasteiger partial charge on any atom is -0.465 e. The van der Waals surface area contributed by atoms with Gasteiger partial charge in [0.15, 0.2) is 0 Å². The maximum Gasteiger partial charge on any atom is 0.326 e. The SMILES string of the molecule is CCOC(=O)C1(N)CC1c1ccc(Cl)c([N+](=O)[O-])c1. The first-order valence-corrected chi connectivity index (χ1v) is 6.18. The van der Waals surface area contributed by atoms with Gasteiger partial charge in [-0.15, -0.1) is 0 Å². The molecule has 0 bridgehead atoms. The number of hydrogen-bond donors (Lipinski definition) is 1. The van der Waals surface area contributed by atoms with Crippen LogP contribution < -0.4 is 5.73 Å². The molecular weight excluding hydrogens is 272 g/mol. The second kappa shape index (κ2) is 4.79. The normalized spacial score (nSPS) is 24.9. The van der Waals surface area contributed by atoms with Crippen molar-refractivity contribution in [1.82, 2.24) is 0 Å². The maximum absolute atomic E-state index is 11.7. The minimum absolute atomic E-state index is 0.0631. The van der Waals surface area contributed by atoms with E-state index >= 15 is 0 Å². The molecule has 6 nitrogen and oxygen atoms in total. The highest BCUT2D eigenvalue weighted by Gasteiger charge is 2.59. The third-order valence-electron chi connectivity index (χ3n) is 3.23. The number of carbonyl (C=O) groups excluding carboxylic acids is 1. The van der Waals surface area contributed by atoms with Gasteiger partial charge >= 0.3 is 5.97 Å². The van der Waals surface area contributed by atoms with Gasteiger partial charge in [-0.3, -0.25) is 14.9 Å². The van der Waals surface area contributed by atoms with Crippen molar-refractivity contribution >= 4 is 23.3 Å². The molecule has 102 valence electrons. The number of benzene rings is 1. The van der Waals surface area contributed by atoms with E-state index in [2.05, 4.69) is 0 Å². The first kappa shape index (κ1) is 13.8. The molecule has 0 amide bonds. The highest BCUT2D eigenvalue weighted by atomic mass is 35.5. The molecule has 0 aromatic heterocycles. The van der Waals surface area contributed by atoms with Crippen molar-refractivity contribution in [3.05, 3.63) is 38.9 Å². The van der Waals surface area contributed by atoms with Crippen LogP contribution in [-0.4, -0.2) is 23.0 Å². The molecule has 2 atom stereocenters. The van der Waals surface area contributed by atoms with Gasteiger partial charge in [-0.25, -0.2) is 0 Å². The van der Waals surface area contributed by atoms with Crippen LogP contribution in [0.5, 0.6) is 0 Å². The van der Waals surface area contributed by atoms with Gasteiger partial charge in [0.05, 0.1) is 11.5 Å². The predicted molar refractivity (Wildman–Crippen MR) is 69.0 cm³/mol. The Bertz CT molecular complexity index is 549. The molecule has 1 aliphatic rings. The number of nitro groups is 1. The zero-order chi connectivity index (χ0) is 14.2. The number of halogens is 1. The number of esters is 1. The topological polar surface area (TPSA) is 95.5 Å². The average Bonchev–Trinajstić information content (AvgIpc) is 3.04. The Balaban J connectivity index is 2.24. The lowest BCUT2D eigenvalue weighted by molar-refractivity contribution is -0.384. The summed E-state index contributed by atoms with van der Waals surface area (Å²) in [6.45, 7) is 1.96. The summed E-state index contributed by atoms with van der Waals surface area (Å²) in [5.74, 6) is -0.736. The standard InChI is InChI=1S/C12H13ClN2O4/c1-2-19-11(16)12(14)6-8(12)7-3-4-9(13)10(5-7)15(17)18/h3-5,8H,2,6,14H2,1H3. The first-order chi connectivity index (χ1) is 8.90. The molecule has 2 rings (SSSR count). The molecule has 0 saturated heterocycles. The van der Waals surface area contributed by atoms with Gasteiger partial charge in [0.1, 0.15) is 10.6 Å². The molecule has 2 N–H and O–H groups in total. The molecule has 0 heterocycles. The second-order valence-corrected chi connectivity index (χ2v) is 4.89. The van der Waals surface area contributed by atoms with Gasteiger partial charge in [-0.05, 0) is 25.0 Å². The molecule has 2 unspecified atom stereocenters. The van der Waals surface area contributed by atoms with E-state index < -0.39 is 16.4 Å². The summed E-state index contributed by atoms with van der Waals surface area (Å²) >= 11 is 5.74. The minimum atomic E-state index is -1.07. The summed E-state index contributed by atoms with van der Waals surface area (Å²) < 4.78 is 4.90. The van der Waals surface area contributed by atoms with Crippen molar-refractivity contribution in [3.8, 4) is 0 Å². The highest BCUT2D eigenvalue weighted by molar-refractivity contribution is 6.32. The Morgan fingerprint density at radius 1 is 1.68 bits per heavy atom. The zero-order valence-corrected chi connectivity index (χ0v) is 11.0. The fraction of sp³-hybridized carbons (Fsp3) is 0.417. The van der Waals surface area contributed by atoms with Crippen LogP contribution in [0.3, 0.4) is 0 Å². The van der Waals surface area contributed by atoms with Crippen molar-refractivity contribution < 1.29 is 14.5 Å². The number of carbonyl (C=O) groups is 1. The van der Waals surface area contributed by atoms with Crippen LogP contribution >= 0.6 is 11.6 Å². The van der Waals surface area contributed by atoms with Gasteiger partial charge < -0.3 is 10.5 Å². The predicted octanol–water partition coefficient (Wildman–Crippen LogP) is 2.00. The van der Waals surface area contributed by atoms with Crippen LogP contribution in [0.2, 0.25) is 5.02 Å². The number of nitrogens with zero attached hydrogens (tertiary/aromatic N) is 1. The largest absolute Gasteiger partial charge is 0.465 e. The van der Waals surface area contributed by atoms with E-state index in [1.165, 1.54) is 12.1 Å². The first-order valence-electron chi connectivity index (χ1n) is 5.80. The smallest absolute Gasteiger partial charge is 0.326 e. The number of nitro benzene ring substituents is 1. The Labute approximate surface area is 114 Å². The monoisotopic (exact) mass is 284 g/mol. The number of nitrogens with two attached hydrogens (primary N) is 1. The van der Waals surface area contributed by atoms with Crippen LogP contribution in [0.4, 0.5) is 5.69 Å². The third-order valence-corrected chi connectivity index (χ3v) is 3.55. The van der Waals surface area contributed by atoms with E-state index in [1.54, 1.807) is 13.0 Å².